The van der Waals surface area contributed by atoms with Gasteiger partial charge in [0.25, 0.3) is 0 Å². The topological polar surface area (TPSA) is 69.6 Å². The van der Waals surface area contributed by atoms with Crippen molar-refractivity contribution < 1.29 is 19.1 Å². The molecule has 1 aromatic rings. The van der Waals surface area contributed by atoms with Crippen molar-refractivity contribution in [3.63, 3.8) is 0 Å². The molecule has 0 unspecified atom stereocenters. The van der Waals surface area contributed by atoms with E-state index in [4.69, 9.17) is 0 Å². The van der Waals surface area contributed by atoms with E-state index in [1.54, 1.807) is 0 Å². The van der Waals surface area contributed by atoms with E-state index in [0.717, 1.165) is 0 Å². The summed E-state index contributed by atoms with van der Waals surface area (Å²) in [5.74, 6) is -1.97. The maximum atomic E-state index is 13.3. The Kier molecular flexibility index (Phi) is 3.80. The SMILES string of the molecule is Cc1c(F)cccc1NC(=O)C(=O)N1CC[C@H](O)C1. The molecule has 1 aromatic carbocycles. The number of carbonyl (C=O) groups excluding carboxylic acids is 2. The highest BCUT2D eigenvalue weighted by molar-refractivity contribution is 6.39. The number of nitrogens with one attached hydrogen (secondary N) is 1. The smallest absolute Gasteiger partial charge is 0.313 e. The first-order chi connectivity index (χ1) is 8.99. The second-order valence-electron chi connectivity index (χ2n) is 4.56. The van der Waals surface area contributed by atoms with Gasteiger partial charge in [0.2, 0.25) is 0 Å². The number of halogens is 1. The van der Waals surface area contributed by atoms with Crippen LogP contribution < -0.4 is 5.32 Å². The van der Waals surface area contributed by atoms with Crippen LogP contribution in [-0.4, -0.2) is 41.0 Å². The lowest BCUT2D eigenvalue weighted by atomic mass is 10.2. The maximum Gasteiger partial charge on any atom is 0.313 e. The molecule has 1 aliphatic heterocycles. The first-order valence-electron chi connectivity index (χ1n) is 6.02. The predicted molar refractivity (Wildman–Crippen MR) is 67.0 cm³/mol. The monoisotopic (exact) mass is 266 g/mol. The predicted octanol–water partition coefficient (Wildman–Crippen LogP) is 0.666. The molecule has 0 aliphatic carbocycles. The van der Waals surface area contributed by atoms with Crippen LogP contribution in [0.15, 0.2) is 18.2 Å². The maximum absolute atomic E-state index is 13.3. The van der Waals surface area contributed by atoms with Crippen molar-refractivity contribution in [2.75, 3.05) is 18.4 Å². The lowest BCUT2D eigenvalue weighted by Crippen LogP contribution is -2.38. The van der Waals surface area contributed by atoms with Crippen LogP contribution in [0.4, 0.5) is 10.1 Å². The first kappa shape index (κ1) is 13.5. The lowest BCUT2D eigenvalue weighted by molar-refractivity contribution is -0.142. The van der Waals surface area contributed by atoms with Gasteiger partial charge in [-0.3, -0.25) is 9.59 Å². The molecule has 2 N–H and O–H groups in total. The largest absolute Gasteiger partial charge is 0.391 e. The second kappa shape index (κ2) is 5.36. The average molecular weight is 266 g/mol. The third-order valence-corrected chi connectivity index (χ3v) is 3.16. The molecule has 0 saturated carbocycles. The van der Waals surface area contributed by atoms with E-state index in [0.29, 0.717) is 13.0 Å². The van der Waals surface area contributed by atoms with Gasteiger partial charge in [-0.2, -0.15) is 0 Å². The summed E-state index contributed by atoms with van der Waals surface area (Å²) in [5, 5.41) is 11.7. The van der Waals surface area contributed by atoms with E-state index < -0.39 is 23.7 Å². The summed E-state index contributed by atoms with van der Waals surface area (Å²) in [6.45, 7) is 2.04. The van der Waals surface area contributed by atoms with Gasteiger partial charge in [-0.1, -0.05) is 6.07 Å². The minimum absolute atomic E-state index is 0.161. The number of nitrogens with zero attached hydrogens (tertiary/aromatic N) is 1. The van der Waals surface area contributed by atoms with E-state index in [1.807, 2.05) is 0 Å². The summed E-state index contributed by atoms with van der Waals surface area (Å²) in [6.07, 6.45) is -0.106. The number of β-amino-alcohol motifs (C(OH)–C–C–N with tert-alkyl or cyclic N) is 1. The Balaban J connectivity index is 2.05. The molecule has 1 saturated heterocycles. The molecule has 5 nitrogen and oxygen atoms in total. The van der Waals surface area contributed by atoms with Crippen molar-refractivity contribution in [2.45, 2.75) is 19.4 Å². The molecule has 102 valence electrons. The molecule has 1 fully saturated rings. The van der Waals surface area contributed by atoms with Gasteiger partial charge < -0.3 is 15.3 Å². The van der Waals surface area contributed by atoms with Crippen molar-refractivity contribution in [1.82, 2.24) is 4.90 Å². The fraction of sp³-hybridized carbons (Fsp3) is 0.385. The Hall–Kier alpha value is -1.95. The number of hydrogen-bond donors (Lipinski definition) is 2. The summed E-state index contributed by atoms with van der Waals surface area (Å²) in [5.41, 5.74) is 0.559. The fourth-order valence-corrected chi connectivity index (χ4v) is 1.99. The molecule has 0 radical (unpaired) electrons. The molecular weight excluding hydrogens is 251 g/mol. The van der Waals surface area contributed by atoms with Crippen LogP contribution in [0.2, 0.25) is 0 Å². The van der Waals surface area contributed by atoms with Crippen molar-refractivity contribution in [3.8, 4) is 0 Å². The van der Waals surface area contributed by atoms with Crippen molar-refractivity contribution >= 4 is 17.5 Å². The van der Waals surface area contributed by atoms with Crippen molar-refractivity contribution in [1.29, 1.82) is 0 Å². The number of rotatable bonds is 1. The van der Waals surface area contributed by atoms with Gasteiger partial charge in [0, 0.05) is 24.3 Å². The fourth-order valence-electron chi connectivity index (χ4n) is 1.99. The van der Waals surface area contributed by atoms with Crippen LogP contribution in [0.3, 0.4) is 0 Å². The molecule has 2 amide bonds. The Morgan fingerprint density at radius 2 is 2.21 bits per heavy atom. The summed E-state index contributed by atoms with van der Waals surface area (Å²) < 4.78 is 13.3. The number of likely N-dealkylation sites (tertiary alicyclic amines) is 1. The molecule has 0 bridgehead atoms. The van der Waals surface area contributed by atoms with Gasteiger partial charge in [-0.05, 0) is 25.5 Å². The molecule has 0 aromatic heterocycles. The quantitative estimate of drug-likeness (QED) is 0.734. The Bertz CT molecular complexity index is 519. The summed E-state index contributed by atoms with van der Waals surface area (Å²) >= 11 is 0. The standard InChI is InChI=1S/C13H15FN2O3/c1-8-10(14)3-2-4-11(8)15-12(18)13(19)16-6-5-9(17)7-16/h2-4,9,17H,5-7H2,1H3,(H,15,18)/t9-/m0/s1. The highest BCUT2D eigenvalue weighted by Crippen LogP contribution is 2.18. The van der Waals surface area contributed by atoms with E-state index >= 15 is 0 Å². The zero-order valence-corrected chi connectivity index (χ0v) is 10.5. The Morgan fingerprint density at radius 3 is 2.84 bits per heavy atom. The molecule has 1 aliphatic rings. The summed E-state index contributed by atoms with van der Waals surface area (Å²) in [7, 11) is 0. The van der Waals surface area contributed by atoms with Crippen molar-refractivity contribution in [2.24, 2.45) is 0 Å². The van der Waals surface area contributed by atoms with Gasteiger partial charge in [-0.25, -0.2) is 4.39 Å². The van der Waals surface area contributed by atoms with Crippen LogP contribution in [0.1, 0.15) is 12.0 Å². The molecule has 0 spiro atoms. The number of amides is 2. The normalized spacial score (nSPS) is 18.5. The van der Waals surface area contributed by atoms with Crippen LogP contribution >= 0.6 is 0 Å². The zero-order valence-electron chi connectivity index (χ0n) is 10.5. The van der Waals surface area contributed by atoms with E-state index in [1.165, 1.54) is 30.0 Å². The van der Waals surface area contributed by atoms with E-state index in [2.05, 4.69) is 5.32 Å². The summed E-state index contributed by atoms with van der Waals surface area (Å²) in [4.78, 5) is 24.9. The third kappa shape index (κ3) is 2.90. The second-order valence-corrected chi connectivity index (χ2v) is 4.56. The zero-order chi connectivity index (χ0) is 14.0. The Labute approximate surface area is 110 Å². The van der Waals surface area contributed by atoms with Crippen LogP contribution in [0.5, 0.6) is 0 Å². The lowest BCUT2D eigenvalue weighted by Gasteiger charge is -2.15. The minimum atomic E-state index is -0.817. The number of aliphatic hydroxyl groups is 1. The minimum Gasteiger partial charge on any atom is -0.391 e. The van der Waals surface area contributed by atoms with E-state index in [9.17, 15) is 19.1 Å². The molecule has 1 heterocycles. The van der Waals surface area contributed by atoms with E-state index in [-0.39, 0.29) is 17.8 Å². The Morgan fingerprint density at radius 1 is 1.47 bits per heavy atom. The van der Waals surface area contributed by atoms with Crippen LogP contribution in [0.25, 0.3) is 0 Å². The van der Waals surface area contributed by atoms with Crippen LogP contribution in [0, 0.1) is 12.7 Å². The van der Waals surface area contributed by atoms with Gasteiger partial charge >= 0.3 is 11.8 Å². The van der Waals surface area contributed by atoms with Crippen LogP contribution in [-0.2, 0) is 9.59 Å². The number of anilines is 1. The highest BCUT2D eigenvalue weighted by atomic mass is 19.1. The number of carbonyl (C=O) groups is 2. The number of hydrogen-bond acceptors (Lipinski definition) is 3. The molecule has 6 heteroatoms. The van der Waals surface area contributed by atoms with Gasteiger partial charge in [-0.15, -0.1) is 0 Å². The van der Waals surface area contributed by atoms with Gasteiger partial charge in [0.05, 0.1) is 6.10 Å². The van der Waals surface area contributed by atoms with Gasteiger partial charge in [0.1, 0.15) is 5.82 Å². The third-order valence-electron chi connectivity index (χ3n) is 3.16. The molecule has 2 rings (SSSR count). The molecule has 1 atom stereocenters. The summed E-state index contributed by atoms with van der Waals surface area (Å²) in [6, 6.07) is 4.27. The van der Waals surface area contributed by atoms with Gasteiger partial charge in [0.15, 0.2) is 0 Å². The molecule has 19 heavy (non-hydrogen) atoms. The number of benzene rings is 1. The first-order valence-corrected chi connectivity index (χ1v) is 6.02. The average Bonchev–Trinajstić information content (AvgIpc) is 2.80. The highest BCUT2D eigenvalue weighted by Gasteiger charge is 2.29. The van der Waals surface area contributed by atoms with Crippen molar-refractivity contribution in [3.05, 3.63) is 29.6 Å². The number of aliphatic hydroxyl groups excluding tert-OH is 1. The molecular formula is C13H15FN2O3.